The van der Waals surface area contributed by atoms with Gasteiger partial charge in [-0.15, -0.1) is 0 Å². The lowest BCUT2D eigenvalue weighted by Crippen LogP contribution is -2.54. The number of anilines is 2. The van der Waals surface area contributed by atoms with Crippen molar-refractivity contribution in [2.24, 2.45) is 0 Å². The summed E-state index contributed by atoms with van der Waals surface area (Å²) in [6, 6.07) is 13.2. The number of urea groups is 1. The Bertz CT molecular complexity index is 1610. The largest absolute Gasteiger partial charge is 0.490 e. The predicted octanol–water partition coefficient (Wildman–Crippen LogP) is 6.63. The molecule has 0 aliphatic carbocycles. The van der Waals surface area contributed by atoms with Crippen molar-refractivity contribution in [3.63, 3.8) is 0 Å². The van der Waals surface area contributed by atoms with E-state index < -0.39 is 23.8 Å². The van der Waals surface area contributed by atoms with Crippen LogP contribution in [0, 0.1) is 0 Å². The molecule has 1 heterocycles. The van der Waals surface area contributed by atoms with Gasteiger partial charge in [0.05, 0.1) is 33.4 Å². The number of nitrogens with zero attached hydrogens (tertiary/aromatic N) is 1. The molecule has 5 amide bonds. The first-order valence-electron chi connectivity index (χ1n) is 13.1. The smallest absolute Gasteiger partial charge is 0.335 e. The van der Waals surface area contributed by atoms with Crippen LogP contribution in [-0.4, -0.2) is 43.6 Å². The summed E-state index contributed by atoms with van der Waals surface area (Å²) >= 11 is 15.3. The summed E-state index contributed by atoms with van der Waals surface area (Å²) in [5, 5.41) is 5.53. The van der Waals surface area contributed by atoms with Crippen LogP contribution in [-0.2, 0) is 14.4 Å². The van der Waals surface area contributed by atoms with Gasteiger partial charge < -0.3 is 19.5 Å². The third kappa shape index (κ3) is 7.86. The molecule has 224 valence electrons. The van der Waals surface area contributed by atoms with Crippen molar-refractivity contribution in [2.75, 3.05) is 30.0 Å². The van der Waals surface area contributed by atoms with Gasteiger partial charge in [-0.1, -0.05) is 36.2 Å². The van der Waals surface area contributed by atoms with Crippen molar-refractivity contribution in [2.45, 2.75) is 20.3 Å². The van der Waals surface area contributed by atoms with Crippen molar-refractivity contribution in [1.82, 2.24) is 5.32 Å². The summed E-state index contributed by atoms with van der Waals surface area (Å²) in [4.78, 5) is 52.0. The molecular weight excluding hydrogens is 665 g/mol. The van der Waals surface area contributed by atoms with E-state index in [0.717, 1.165) is 11.3 Å². The topological polar surface area (TPSA) is 123 Å². The van der Waals surface area contributed by atoms with E-state index >= 15 is 0 Å². The Labute approximate surface area is 266 Å². The average Bonchev–Trinajstić information content (AvgIpc) is 2.96. The van der Waals surface area contributed by atoms with Crippen molar-refractivity contribution < 1.29 is 33.4 Å². The van der Waals surface area contributed by atoms with Crippen LogP contribution in [0.15, 0.2) is 64.6 Å². The molecule has 2 N–H and O–H groups in total. The maximum Gasteiger partial charge on any atom is 0.335 e. The van der Waals surface area contributed by atoms with Crippen LogP contribution in [0.5, 0.6) is 17.2 Å². The molecule has 1 aliphatic rings. The molecule has 1 fully saturated rings. The summed E-state index contributed by atoms with van der Waals surface area (Å²) in [5.74, 6) is -0.895. The fourth-order valence-electron chi connectivity index (χ4n) is 3.93. The number of hydrogen-bond acceptors (Lipinski definition) is 7. The zero-order chi connectivity index (χ0) is 31.1. The zero-order valence-corrected chi connectivity index (χ0v) is 26.1. The molecule has 3 aromatic carbocycles. The number of barbiturate groups is 1. The van der Waals surface area contributed by atoms with E-state index in [-0.39, 0.29) is 17.9 Å². The number of carbonyl (C=O) groups excluding carboxylic acids is 4. The van der Waals surface area contributed by atoms with Gasteiger partial charge in [-0.2, -0.15) is 0 Å². The highest BCUT2D eigenvalue weighted by molar-refractivity contribution is 9.10. The second-order valence-electron chi connectivity index (χ2n) is 9.03. The van der Waals surface area contributed by atoms with Crippen LogP contribution >= 0.6 is 39.1 Å². The summed E-state index contributed by atoms with van der Waals surface area (Å²) in [6.45, 7) is 4.27. The molecule has 10 nitrogen and oxygen atoms in total. The third-order valence-corrected chi connectivity index (χ3v) is 7.24. The molecule has 0 spiro atoms. The molecule has 1 saturated heterocycles. The van der Waals surface area contributed by atoms with Crippen molar-refractivity contribution in [3.05, 3.63) is 80.3 Å². The van der Waals surface area contributed by atoms with Gasteiger partial charge in [0, 0.05) is 11.8 Å². The fourth-order valence-corrected chi connectivity index (χ4v) is 4.74. The number of imide groups is 2. The first-order chi connectivity index (χ1) is 20.6. The Morgan fingerprint density at radius 3 is 2.40 bits per heavy atom. The average molecular weight is 691 g/mol. The normalized spacial score (nSPS) is 14.0. The van der Waals surface area contributed by atoms with Gasteiger partial charge in [-0.25, -0.2) is 9.69 Å². The number of carbonyl (C=O) groups is 4. The van der Waals surface area contributed by atoms with Gasteiger partial charge >= 0.3 is 6.03 Å². The molecule has 0 aromatic heterocycles. The van der Waals surface area contributed by atoms with E-state index in [1.165, 1.54) is 18.2 Å². The van der Waals surface area contributed by atoms with E-state index in [4.69, 9.17) is 37.4 Å². The minimum atomic E-state index is -0.888. The van der Waals surface area contributed by atoms with Gasteiger partial charge in [-0.3, -0.25) is 19.7 Å². The maximum absolute atomic E-state index is 13.4. The number of halogens is 3. The predicted molar refractivity (Wildman–Crippen MR) is 167 cm³/mol. The van der Waals surface area contributed by atoms with E-state index in [0.29, 0.717) is 56.2 Å². The molecule has 4 rings (SSSR count). The molecule has 0 bridgehead atoms. The highest BCUT2D eigenvalue weighted by atomic mass is 79.9. The van der Waals surface area contributed by atoms with Crippen molar-refractivity contribution >= 4 is 80.3 Å². The molecule has 0 atom stereocenters. The van der Waals surface area contributed by atoms with Gasteiger partial charge in [0.15, 0.2) is 18.1 Å². The zero-order valence-electron chi connectivity index (χ0n) is 23.0. The summed E-state index contributed by atoms with van der Waals surface area (Å²) in [6.07, 6.45) is 2.14. The van der Waals surface area contributed by atoms with Crippen molar-refractivity contribution in [1.29, 1.82) is 0 Å². The first-order valence-corrected chi connectivity index (χ1v) is 14.6. The van der Waals surface area contributed by atoms with E-state index in [1.807, 2.05) is 6.92 Å². The van der Waals surface area contributed by atoms with Gasteiger partial charge in [-0.05, 0) is 83.4 Å². The van der Waals surface area contributed by atoms with E-state index in [1.54, 1.807) is 49.4 Å². The molecule has 13 heteroatoms. The summed E-state index contributed by atoms with van der Waals surface area (Å²) < 4.78 is 17.4. The maximum atomic E-state index is 13.4. The number of nitrogens with one attached hydrogen (secondary N) is 2. The number of hydrogen-bond donors (Lipinski definition) is 2. The van der Waals surface area contributed by atoms with Gasteiger partial charge in [0.25, 0.3) is 17.7 Å². The number of rotatable bonds is 11. The van der Waals surface area contributed by atoms with Crippen LogP contribution in [0.3, 0.4) is 0 Å². The molecule has 0 unspecified atom stereocenters. The van der Waals surface area contributed by atoms with Gasteiger partial charge in [0.1, 0.15) is 11.3 Å². The quantitative estimate of drug-likeness (QED) is 0.171. The van der Waals surface area contributed by atoms with Crippen LogP contribution in [0.2, 0.25) is 10.0 Å². The first kappa shape index (κ1) is 31.9. The molecule has 3 aromatic rings. The lowest BCUT2D eigenvalue weighted by atomic mass is 10.1. The second kappa shape index (κ2) is 14.4. The minimum absolute atomic E-state index is 0.206. The van der Waals surface area contributed by atoms with Crippen LogP contribution in [0.4, 0.5) is 16.2 Å². The molecule has 0 radical (unpaired) electrons. The number of benzene rings is 3. The van der Waals surface area contributed by atoms with E-state index in [9.17, 15) is 19.2 Å². The summed E-state index contributed by atoms with van der Waals surface area (Å²) in [5.41, 5.74) is 0.871. The van der Waals surface area contributed by atoms with E-state index in [2.05, 4.69) is 26.6 Å². The minimum Gasteiger partial charge on any atom is -0.490 e. The molecule has 0 saturated carbocycles. The highest BCUT2D eigenvalue weighted by Crippen LogP contribution is 2.34. The van der Waals surface area contributed by atoms with Crippen LogP contribution in [0.1, 0.15) is 25.8 Å². The lowest BCUT2D eigenvalue weighted by Gasteiger charge is -2.27. The van der Waals surface area contributed by atoms with Crippen LogP contribution in [0.25, 0.3) is 6.08 Å². The van der Waals surface area contributed by atoms with Crippen LogP contribution < -0.4 is 29.7 Å². The Balaban J connectivity index is 1.49. The standard InChI is InChI=1S/C30H26BrCl2N3O7/c1-3-11-42-25-10-7-19(15-26(25)41-4-2)36-29(39)20(28(38)35-30(36)40)12-17-5-9-24(21(31)13-17)43-16-27(37)34-18-6-8-22(32)23(33)14-18/h5-10,12-15H,3-4,11,16H2,1-2H3,(H,34,37)(H,35,38,40)/b20-12+. The second-order valence-corrected chi connectivity index (χ2v) is 10.7. The SMILES string of the molecule is CCCOc1ccc(N2C(=O)NC(=O)/C(=C\c3ccc(OCC(=O)Nc4ccc(Cl)c(Cl)c4)c(Br)c3)C2=O)cc1OCC. The number of ether oxygens (including phenoxy) is 3. The third-order valence-electron chi connectivity index (χ3n) is 5.88. The number of amides is 5. The Morgan fingerprint density at radius 1 is 0.930 bits per heavy atom. The Hall–Kier alpha value is -4.06. The van der Waals surface area contributed by atoms with Crippen molar-refractivity contribution in [3.8, 4) is 17.2 Å². The lowest BCUT2D eigenvalue weighted by molar-refractivity contribution is -0.122. The monoisotopic (exact) mass is 689 g/mol. The van der Waals surface area contributed by atoms with Gasteiger partial charge in [0.2, 0.25) is 0 Å². The molecule has 1 aliphatic heterocycles. The Morgan fingerprint density at radius 2 is 1.70 bits per heavy atom. The Kier molecular flexibility index (Phi) is 10.7. The fraction of sp³-hybridized carbons (Fsp3) is 0.200. The molecular formula is C30H26BrCl2N3O7. The summed E-state index contributed by atoms with van der Waals surface area (Å²) in [7, 11) is 0. The highest BCUT2D eigenvalue weighted by Gasteiger charge is 2.37. The molecule has 43 heavy (non-hydrogen) atoms.